The lowest BCUT2D eigenvalue weighted by Crippen LogP contribution is -2.44. The summed E-state index contributed by atoms with van der Waals surface area (Å²) in [5.41, 5.74) is 1.12. The van der Waals surface area contributed by atoms with E-state index < -0.39 is 0 Å². The van der Waals surface area contributed by atoms with Gasteiger partial charge >= 0.3 is 0 Å². The highest BCUT2D eigenvalue weighted by atomic mass is 16.5. The minimum absolute atomic E-state index is 0.241. The molecule has 0 spiro atoms. The normalized spacial score (nSPS) is 14.9. The fraction of sp³-hybridized carbons (Fsp3) is 0.421. The Morgan fingerprint density at radius 3 is 2.62 bits per heavy atom. The first-order valence-corrected chi connectivity index (χ1v) is 9.61. The summed E-state index contributed by atoms with van der Waals surface area (Å²) in [5, 5.41) is 11.2. The predicted molar refractivity (Wildman–Crippen MR) is 109 cm³/mol. The maximum Gasteiger partial charge on any atom is 0.263 e. The van der Waals surface area contributed by atoms with Crippen molar-refractivity contribution in [3.63, 3.8) is 0 Å². The van der Waals surface area contributed by atoms with E-state index in [0.717, 1.165) is 37.7 Å². The molecule has 1 saturated heterocycles. The molecule has 0 saturated carbocycles. The molecule has 4 heterocycles. The van der Waals surface area contributed by atoms with Gasteiger partial charge in [-0.05, 0) is 33.0 Å². The predicted octanol–water partition coefficient (Wildman–Crippen LogP) is 1.23. The van der Waals surface area contributed by atoms with Crippen LogP contribution in [0.25, 0.3) is 5.78 Å². The maximum atomic E-state index is 12.8. The van der Waals surface area contributed by atoms with Gasteiger partial charge in [0, 0.05) is 38.6 Å². The molecule has 1 fully saturated rings. The minimum atomic E-state index is -0.365. The van der Waals surface area contributed by atoms with E-state index in [1.165, 1.54) is 0 Å². The number of anilines is 2. The molecule has 0 aromatic carbocycles. The molecule has 0 radical (unpaired) electrons. The summed E-state index contributed by atoms with van der Waals surface area (Å²) in [5.74, 6) is 1.54. The zero-order valence-electron chi connectivity index (χ0n) is 16.8. The number of rotatable bonds is 5. The molecule has 1 aliphatic rings. The Kier molecular flexibility index (Phi) is 5.26. The summed E-state index contributed by atoms with van der Waals surface area (Å²) in [6.07, 6.45) is 3.47. The zero-order chi connectivity index (χ0) is 20.4. The smallest absolute Gasteiger partial charge is 0.263 e. The molecule has 1 N–H and O–H groups in total. The number of imidazole rings is 1. The lowest BCUT2D eigenvalue weighted by Gasteiger charge is -2.32. The van der Waals surface area contributed by atoms with Crippen molar-refractivity contribution >= 4 is 23.3 Å². The number of hydrogen-bond donors (Lipinski definition) is 1. The maximum absolute atomic E-state index is 12.8. The molecule has 0 bridgehead atoms. The number of nitrogens with zero attached hydrogens (tertiary/aromatic N) is 7. The van der Waals surface area contributed by atoms with Crippen LogP contribution >= 0.6 is 0 Å². The number of likely N-dealkylation sites (N-methyl/N-ethyl adjacent to an activating group) is 1. The third kappa shape index (κ3) is 4.11. The van der Waals surface area contributed by atoms with Gasteiger partial charge in [0.25, 0.3) is 5.91 Å². The second kappa shape index (κ2) is 8.00. The van der Waals surface area contributed by atoms with Gasteiger partial charge in [-0.3, -0.25) is 9.20 Å². The van der Waals surface area contributed by atoms with Crippen LogP contribution in [-0.4, -0.2) is 75.2 Å². The average Bonchev–Trinajstić information content (AvgIpc) is 3.08. The summed E-state index contributed by atoms with van der Waals surface area (Å²) < 4.78 is 7.25. The van der Waals surface area contributed by atoms with Crippen LogP contribution in [0.4, 0.5) is 11.6 Å². The van der Waals surface area contributed by atoms with Crippen molar-refractivity contribution in [2.45, 2.75) is 13.8 Å². The van der Waals surface area contributed by atoms with Gasteiger partial charge in [0.1, 0.15) is 5.56 Å². The van der Waals surface area contributed by atoms with Gasteiger partial charge in [-0.25, -0.2) is 4.98 Å². The lowest BCUT2D eigenvalue weighted by molar-refractivity contribution is 0.102. The molecule has 0 atom stereocenters. The topological polar surface area (TPSA) is 101 Å². The highest BCUT2D eigenvalue weighted by Crippen LogP contribution is 2.20. The molecule has 1 aliphatic heterocycles. The van der Waals surface area contributed by atoms with Crippen LogP contribution in [0.5, 0.6) is 5.88 Å². The number of carbonyl (C=O) groups excluding carboxylic acids is 1. The van der Waals surface area contributed by atoms with Crippen LogP contribution in [0, 0.1) is 6.92 Å². The SMILES string of the molecule is CCOc1nc2nc(C)cn2cc1C(=O)Nc1ccc(N2CCN(C)CC2)nn1. The Morgan fingerprint density at radius 1 is 1.14 bits per heavy atom. The highest BCUT2D eigenvalue weighted by Gasteiger charge is 2.19. The largest absolute Gasteiger partial charge is 0.477 e. The van der Waals surface area contributed by atoms with Crippen molar-refractivity contribution in [2.24, 2.45) is 0 Å². The van der Waals surface area contributed by atoms with E-state index >= 15 is 0 Å². The molecule has 0 aliphatic carbocycles. The fourth-order valence-corrected chi connectivity index (χ4v) is 3.21. The Morgan fingerprint density at radius 2 is 1.93 bits per heavy atom. The number of nitrogens with one attached hydrogen (secondary N) is 1. The van der Waals surface area contributed by atoms with Gasteiger partial charge in [-0.2, -0.15) is 4.98 Å². The Hall–Kier alpha value is -3.27. The van der Waals surface area contributed by atoms with Crippen molar-refractivity contribution in [1.82, 2.24) is 29.5 Å². The number of aromatic nitrogens is 5. The van der Waals surface area contributed by atoms with Gasteiger partial charge < -0.3 is 19.9 Å². The molecule has 3 aromatic heterocycles. The third-order valence-corrected chi connectivity index (χ3v) is 4.78. The van der Waals surface area contributed by atoms with Crippen LogP contribution in [0.15, 0.2) is 24.5 Å². The number of fused-ring (bicyclic) bond motifs is 1. The molecule has 152 valence electrons. The summed E-state index contributed by atoms with van der Waals surface area (Å²) in [4.78, 5) is 26.0. The zero-order valence-corrected chi connectivity index (χ0v) is 16.8. The Balaban J connectivity index is 1.52. The van der Waals surface area contributed by atoms with E-state index in [2.05, 4.69) is 42.3 Å². The first-order chi connectivity index (χ1) is 14.0. The van der Waals surface area contributed by atoms with E-state index in [9.17, 15) is 4.79 Å². The number of carbonyl (C=O) groups is 1. The van der Waals surface area contributed by atoms with Crippen LogP contribution in [0.1, 0.15) is 23.0 Å². The first kappa shape index (κ1) is 19.1. The summed E-state index contributed by atoms with van der Waals surface area (Å²) in [6.45, 7) is 7.89. The number of amides is 1. The molecule has 10 nitrogen and oxygen atoms in total. The standard InChI is InChI=1S/C19H24N8O2/c1-4-29-18-14(12-27-11-13(2)20-19(27)22-18)17(28)21-15-5-6-16(24-23-15)26-9-7-25(3)8-10-26/h5-6,11-12H,4,7-10H2,1-3H3,(H,21,23,28). The highest BCUT2D eigenvalue weighted by molar-refractivity contribution is 6.05. The van der Waals surface area contributed by atoms with Gasteiger partial charge in [-0.15, -0.1) is 10.2 Å². The Bertz CT molecular complexity index is 1010. The fourth-order valence-electron chi connectivity index (χ4n) is 3.21. The van der Waals surface area contributed by atoms with Crippen molar-refractivity contribution in [3.05, 3.63) is 35.8 Å². The summed E-state index contributed by atoms with van der Waals surface area (Å²) in [7, 11) is 2.11. The van der Waals surface area contributed by atoms with E-state index in [1.807, 2.05) is 19.9 Å². The van der Waals surface area contributed by atoms with E-state index in [0.29, 0.717) is 23.8 Å². The monoisotopic (exact) mass is 396 g/mol. The molecule has 4 rings (SSSR count). The molecular weight excluding hydrogens is 372 g/mol. The minimum Gasteiger partial charge on any atom is -0.477 e. The second-order valence-electron chi connectivity index (χ2n) is 7.00. The number of aryl methyl sites for hydroxylation is 1. The number of ether oxygens (including phenoxy) is 1. The van der Waals surface area contributed by atoms with Crippen LogP contribution in [0.2, 0.25) is 0 Å². The van der Waals surface area contributed by atoms with Crippen LogP contribution in [-0.2, 0) is 0 Å². The molecule has 1 amide bonds. The molecule has 29 heavy (non-hydrogen) atoms. The number of hydrogen-bond acceptors (Lipinski definition) is 8. The van der Waals surface area contributed by atoms with E-state index in [1.54, 1.807) is 22.9 Å². The second-order valence-corrected chi connectivity index (χ2v) is 7.00. The van der Waals surface area contributed by atoms with E-state index in [4.69, 9.17) is 4.74 Å². The summed E-state index contributed by atoms with van der Waals surface area (Å²) in [6, 6.07) is 3.63. The van der Waals surface area contributed by atoms with Gasteiger partial charge in [0.15, 0.2) is 11.6 Å². The molecule has 10 heteroatoms. The van der Waals surface area contributed by atoms with Crippen molar-refractivity contribution in [3.8, 4) is 5.88 Å². The van der Waals surface area contributed by atoms with Gasteiger partial charge in [0.2, 0.25) is 11.7 Å². The van der Waals surface area contributed by atoms with Crippen LogP contribution < -0.4 is 15.0 Å². The Labute approximate surface area is 168 Å². The number of piperazine rings is 1. The molecule has 0 unspecified atom stereocenters. The lowest BCUT2D eigenvalue weighted by atomic mass is 10.3. The summed E-state index contributed by atoms with van der Waals surface area (Å²) >= 11 is 0. The van der Waals surface area contributed by atoms with Crippen molar-refractivity contribution in [1.29, 1.82) is 0 Å². The van der Waals surface area contributed by atoms with Crippen molar-refractivity contribution in [2.75, 3.05) is 50.1 Å². The third-order valence-electron chi connectivity index (χ3n) is 4.78. The average molecular weight is 396 g/mol. The van der Waals surface area contributed by atoms with Crippen LogP contribution in [0.3, 0.4) is 0 Å². The van der Waals surface area contributed by atoms with Crippen molar-refractivity contribution < 1.29 is 9.53 Å². The van der Waals surface area contributed by atoms with E-state index in [-0.39, 0.29) is 11.8 Å². The first-order valence-electron chi connectivity index (χ1n) is 9.61. The quantitative estimate of drug-likeness (QED) is 0.687. The van der Waals surface area contributed by atoms with Gasteiger partial charge in [-0.1, -0.05) is 0 Å². The molecule has 3 aromatic rings. The molecular formula is C19H24N8O2. The van der Waals surface area contributed by atoms with Gasteiger partial charge in [0.05, 0.1) is 12.3 Å².